The number of methoxy groups -OCH3 is 2. The van der Waals surface area contributed by atoms with Gasteiger partial charge >= 0.3 is 18.0 Å². The zero-order valence-corrected chi connectivity index (χ0v) is 29.5. The van der Waals surface area contributed by atoms with E-state index in [-0.39, 0.29) is 5.82 Å². The standard InChI is InChI=1S/C37H37F6N3O9/c1-21(47)30(55-35(22-7-5-4-6-8-22,23-9-13-25(50-2)14-10-23)24-11-15-26(51-3)16-12-24)31-29(48)32(33(54-31)46-18-17-28(44)45-34(46)49)53-20-52-19-27(36(38,39)40)37(41,42)43/h4-18,27,29-33,48H,19-20H2,1-3H3,(H2,44,45,49)/t29-,30?,31+,32-,33-/m1/s1. The molecule has 0 spiro atoms. The second-order valence-corrected chi connectivity index (χ2v) is 12.4. The van der Waals surface area contributed by atoms with Gasteiger partial charge in [0.1, 0.15) is 54.1 Å². The molecule has 3 aromatic carbocycles. The molecule has 0 radical (unpaired) electrons. The predicted octanol–water partition coefficient (Wildman–Crippen LogP) is 5.17. The molecule has 1 unspecified atom stereocenters. The number of hydrogen-bond acceptors (Lipinski definition) is 11. The van der Waals surface area contributed by atoms with Crippen molar-refractivity contribution < 1.29 is 64.7 Å². The molecule has 5 atom stereocenters. The lowest BCUT2D eigenvalue weighted by Gasteiger charge is -2.40. The molecule has 0 amide bonds. The van der Waals surface area contributed by atoms with E-state index in [2.05, 4.69) is 9.72 Å². The Morgan fingerprint density at radius 3 is 1.87 bits per heavy atom. The van der Waals surface area contributed by atoms with Gasteiger partial charge in [-0.2, -0.15) is 31.3 Å². The maximum Gasteiger partial charge on any atom is 0.402 e. The molecule has 4 aromatic rings. The maximum atomic E-state index is 13.7. The van der Waals surface area contributed by atoms with Crippen LogP contribution in [0.4, 0.5) is 32.2 Å². The van der Waals surface area contributed by atoms with E-state index in [9.17, 15) is 41.0 Å². The second kappa shape index (κ2) is 16.8. The number of aliphatic hydroxyl groups is 1. The minimum Gasteiger partial charge on any atom is -0.497 e. The first-order valence-electron chi connectivity index (χ1n) is 16.5. The number of carbonyl (C=O) groups is 1. The summed E-state index contributed by atoms with van der Waals surface area (Å²) in [5.74, 6) is -3.70. The molecular weight excluding hydrogens is 744 g/mol. The largest absolute Gasteiger partial charge is 0.497 e. The molecule has 0 bridgehead atoms. The van der Waals surface area contributed by atoms with Crippen LogP contribution < -0.4 is 20.9 Å². The Labute approximate surface area is 310 Å². The van der Waals surface area contributed by atoms with Gasteiger partial charge in [0.15, 0.2) is 17.9 Å². The van der Waals surface area contributed by atoms with E-state index >= 15 is 0 Å². The SMILES string of the molecule is COc1ccc(C(OC(C(C)=O)[C@H]2O[C@@H](n3ccc(N)nc3=O)[C@H](OCOCC(C(F)(F)F)C(F)(F)F)[C@@H]2O)(c2ccccc2)c2ccc(OC)cc2)cc1. The Balaban J connectivity index is 1.58. The van der Waals surface area contributed by atoms with E-state index in [1.54, 1.807) is 78.9 Å². The quantitative estimate of drug-likeness (QED) is 0.0712. The van der Waals surface area contributed by atoms with Gasteiger partial charge in [-0.05, 0) is 53.9 Å². The van der Waals surface area contributed by atoms with E-state index in [4.69, 9.17) is 29.4 Å². The van der Waals surface area contributed by atoms with Crippen LogP contribution in [0.1, 0.15) is 29.8 Å². The van der Waals surface area contributed by atoms with Crippen LogP contribution >= 0.6 is 0 Å². The first-order chi connectivity index (χ1) is 26.0. The van der Waals surface area contributed by atoms with Gasteiger partial charge in [-0.3, -0.25) is 9.36 Å². The molecule has 0 aliphatic carbocycles. The van der Waals surface area contributed by atoms with Gasteiger partial charge < -0.3 is 39.3 Å². The molecule has 0 saturated carbocycles. The van der Waals surface area contributed by atoms with Crippen LogP contribution in [-0.4, -0.2) is 84.8 Å². The summed E-state index contributed by atoms with van der Waals surface area (Å²) in [6.07, 6.45) is -18.9. The van der Waals surface area contributed by atoms with Gasteiger partial charge in [0, 0.05) is 6.20 Å². The van der Waals surface area contributed by atoms with Crippen LogP contribution in [0.2, 0.25) is 0 Å². The zero-order chi connectivity index (χ0) is 40.1. The minimum atomic E-state index is -5.68. The van der Waals surface area contributed by atoms with Crippen molar-refractivity contribution in [3.63, 3.8) is 0 Å². The van der Waals surface area contributed by atoms with Crippen molar-refractivity contribution in [1.29, 1.82) is 0 Å². The molecule has 1 fully saturated rings. The maximum absolute atomic E-state index is 13.7. The summed E-state index contributed by atoms with van der Waals surface area (Å²) in [6, 6.07) is 23.5. The van der Waals surface area contributed by atoms with Crippen LogP contribution in [0.25, 0.3) is 0 Å². The molecule has 3 N–H and O–H groups in total. The lowest BCUT2D eigenvalue weighted by molar-refractivity contribution is -0.299. The van der Waals surface area contributed by atoms with Crippen molar-refractivity contribution in [2.45, 2.75) is 55.5 Å². The molecule has 1 saturated heterocycles. The molecule has 12 nitrogen and oxygen atoms in total. The van der Waals surface area contributed by atoms with E-state index in [0.29, 0.717) is 28.2 Å². The van der Waals surface area contributed by atoms with Gasteiger partial charge in [0.25, 0.3) is 0 Å². The molecule has 2 heterocycles. The van der Waals surface area contributed by atoms with Crippen LogP contribution in [0, 0.1) is 5.92 Å². The molecule has 18 heteroatoms. The third-order valence-electron chi connectivity index (χ3n) is 8.97. The number of halogens is 6. The normalized spacial score (nSPS) is 19.7. The number of anilines is 1. The third-order valence-corrected chi connectivity index (χ3v) is 8.97. The zero-order valence-electron chi connectivity index (χ0n) is 29.5. The molecular formula is C37H37F6N3O9. The smallest absolute Gasteiger partial charge is 0.402 e. The number of aromatic nitrogens is 2. The number of Topliss-reactive ketones (excluding diaryl/α,β-unsaturated/α-hetero) is 1. The van der Waals surface area contributed by atoms with E-state index in [1.807, 2.05) is 0 Å². The molecule has 1 aliphatic heterocycles. The van der Waals surface area contributed by atoms with Crippen LogP contribution in [0.3, 0.4) is 0 Å². The third kappa shape index (κ3) is 8.94. The Hall–Kier alpha value is -5.01. The summed E-state index contributed by atoms with van der Waals surface area (Å²) in [4.78, 5) is 30.3. The monoisotopic (exact) mass is 781 g/mol. The van der Waals surface area contributed by atoms with Gasteiger partial charge in [-0.15, -0.1) is 0 Å². The Kier molecular flexibility index (Phi) is 12.6. The molecule has 1 aromatic heterocycles. The predicted molar refractivity (Wildman–Crippen MR) is 182 cm³/mol. The first-order valence-corrected chi connectivity index (χ1v) is 16.5. The van der Waals surface area contributed by atoms with Crippen molar-refractivity contribution in [3.8, 4) is 11.5 Å². The fourth-order valence-corrected chi connectivity index (χ4v) is 6.22. The average Bonchev–Trinajstić information content (AvgIpc) is 3.46. The van der Waals surface area contributed by atoms with Crippen molar-refractivity contribution in [2.75, 3.05) is 33.4 Å². The Morgan fingerprint density at radius 2 is 1.40 bits per heavy atom. The molecule has 1 aliphatic rings. The number of carbonyl (C=O) groups excluding carboxylic acids is 1. The number of benzene rings is 3. The van der Waals surface area contributed by atoms with Crippen molar-refractivity contribution in [3.05, 3.63) is 118 Å². The van der Waals surface area contributed by atoms with Crippen LogP contribution in [0.15, 0.2) is 95.9 Å². The number of rotatable bonds is 15. The number of nitrogen functional groups attached to an aromatic ring is 1. The number of aliphatic hydroxyl groups excluding tert-OH is 1. The Morgan fingerprint density at radius 1 is 0.873 bits per heavy atom. The van der Waals surface area contributed by atoms with E-state index in [1.165, 1.54) is 20.3 Å². The highest BCUT2D eigenvalue weighted by Crippen LogP contribution is 2.45. The highest BCUT2D eigenvalue weighted by Gasteiger charge is 2.57. The summed E-state index contributed by atoms with van der Waals surface area (Å²) in [7, 11) is 2.97. The second-order valence-electron chi connectivity index (χ2n) is 12.4. The number of nitrogens with two attached hydrogens (primary N) is 1. The fraction of sp³-hybridized carbons (Fsp3) is 0.378. The van der Waals surface area contributed by atoms with Crippen molar-refractivity contribution in [1.82, 2.24) is 9.55 Å². The Bertz CT molecular complexity index is 1880. The molecule has 55 heavy (non-hydrogen) atoms. The lowest BCUT2D eigenvalue weighted by atomic mass is 9.79. The number of hydrogen-bond donors (Lipinski definition) is 2. The summed E-state index contributed by atoms with van der Waals surface area (Å²) in [5.41, 5.74) is 4.48. The average molecular weight is 782 g/mol. The highest BCUT2D eigenvalue weighted by atomic mass is 19.4. The summed E-state index contributed by atoms with van der Waals surface area (Å²) in [5, 5.41) is 11.8. The number of nitrogens with zero attached hydrogens (tertiary/aromatic N) is 2. The molecule has 296 valence electrons. The fourth-order valence-electron chi connectivity index (χ4n) is 6.22. The summed E-state index contributed by atoms with van der Waals surface area (Å²) < 4.78 is 114. The lowest BCUT2D eigenvalue weighted by Crippen LogP contribution is -2.49. The van der Waals surface area contributed by atoms with Crippen LogP contribution in [-0.2, 0) is 29.3 Å². The summed E-state index contributed by atoms with van der Waals surface area (Å²) in [6.45, 7) is -1.92. The van der Waals surface area contributed by atoms with Gasteiger partial charge in [-0.1, -0.05) is 54.6 Å². The van der Waals surface area contributed by atoms with E-state index < -0.39 is 79.4 Å². The van der Waals surface area contributed by atoms with Crippen LogP contribution in [0.5, 0.6) is 11.5 Å². The van der Waals surface area contributed by atoms with Gasteiger partial charge in [-0.25, -0.2) is 4.79 Å². The number of alkyl halides is 6. The van der Waals surface area contributed by atoms with Gasteiger partial charge in [0.05, 0.1) is 20.8 Å². The topological polar surface area (TPSA) is 154 Å². The highest BCUT2D eigenvalue weighted by molar-refractivity contribution is 5.81. The molecule has 5 rings (SSSR count). The van der Waals surface area contributed by atoms with Crippen molar-refractivity contribution >= 4 is 11.6 Å². The van der Waals surface area contributed by atoms with E-state index in [0.717, 1.165) is 17.7 Å². The van der Waals surface area contributed by atoms with Crippen molar-refractivity contribution in [2.24, 2.45) is 5.92 Å². The first kappa shape index (κ1) is 41.2. The number of ketones is 1. The minimum absolute atomic E-state index is 0.195. The van der Waals surface area contributed by atoms with Gasteiger partial charge in [0.2, 0.25) is 0 Å². The summed E-state index contributed by atoms with van der Waals surface area (Å²) >= 11 is 0. The number of ether oxygens (including phenoxy) is 6.